The number of carboxylic acids is 1. The highest BCUT2D eigenvalue weighted by Gasteiger charge is 2.56. The summed E-state index contributed by atoms with van der Waals surface area (Å²) in [7, 11) is 0. The van der Waals surface area contributed by atoms with Gasteiger partial charge in [0, 0.05) is 14.5 Å². The molecule has 41 heavy (non-hydrogen) atoms. The van der Waals surface area contributed by atoms with E-state index in [1.54, 1.807) is 6.07 Å². The molecule has 1 aliphatic rings. The molecule has 0 fully saturated rings. The van der Waals surface area contributed by atoms with Crippen molar-refractivity contribution in [1.82, 2.24) is 0 Å². The summed E-state index contributed by atoms with van der Waals surface area (Å²) < 4.78 is 7.89. The molecule has 8 heteroatoms. The van der Waals surface area contributed by atoms with Crippen molar-refractivity contribution in [3.63, 3.8) is 0 Å². The highest BCUT2D eigenvalue weighted by atomic mass is 79.9. The fourth-order valence-corrected chi connectivity index (χ4v) is 7.48. The molecule has 4 rings (SSSR count). The molecule has 0 radical (unpaired) electrons. The maximum atomic E-state index is 13.8. The van der Waals surface area contributed by atoms with Gasteiger partial charge in [0.15, 0.2) is 5.60 Å². The predicted molar refractivity (Wildman–Crippen MR) is 166 cm³/mol. The second kappa shape index (κ2) is 12.6. The maximum Gasteiger partial charge on any atom is 0.340 e. The van der Waals surface area contributed by atoms with Gasteiger partial charge in [0.1, 0.15) is 11.5 Å². The fraction of sp³-hybridized carbons (Fsp3) is 0.394. The van der Waals surface area contributed by atoms with Crippen LogP contribution in [0.5, 0.6) is 11.5 Å². The zero-order chi connectivity index (χ0) is 30.1. The molecule has 0 saturated carbocycles. The molecule has 218 valence electrons. The lowest BCUT2D eigenvalue weighted by Crippen LogP contribution is -2.35. The second-order valence-electron chi connectivity index (χ2n) is 10.5. The van der Waals surface area contributed by atoms with Crippen LogP contribution in [-0.2, 0) is 36.0 Å². The molecule has 3 N–H and O–H groups in total. The van der Waals surface area contributed by atoms with E-state index in [0.29, 0.717) is 71.9 Å². The molecule has 1 heterocycles. The van der Waals surface area contributed by atoms with E-state index in [-0.39, 0.29) is 28.2 Å². The van der Waals surface area contributed by atoms with Crippen molar-refractivity contribution in [2.75, 3.05) is 0 Å². The Labute approximate surface area is 258 Å². The number of rotatable bonds is 11. The van der Waals surface area contributed by atoms with Crippen molar-refractivity contribution in [1.29, 1.82) is 0 Å². The summed E-state index contributed by atoms with van der Waals surface area (Å²) in [5.41, 5.74) is 1.47. The largest absolute Gasteiger partial charge is 0.507 e. The number of benzene rings is 3. The molecule has 0 atom stereocenters. The summed E-state index contributed by atoms with van der Waals surface area (Å²) in [6.45, 7) is 8.03. The first-order valence-corrected chi connectivity index (χ1v) is 15.8. The molecule has 0 amide bonds. The Morgan fingerprint density at radius 1 is 0.780 bits per heavy atom. The highest BCUT2D eigenvalue weighted by Crippen LogP contribution is 2.58. The predicted octanol–water partition coefficient (Wildman–Crippen LogP) is 8.59. The summed E-state index contributed by atoms with van der Waals surface area (Å²) in [4.78, 5) is 26.5. The summed E-state index contributed by atoms with van der Waals surface area (Å²) >= 11 is 7.46. The topological polar surface area (TPSA) is 104 Å². The number of carbonyl (C=O) groups is 2. The van der Waals surface area contributed by atoms with Gasteiger partial charge in [-0.15, -0.1) is 0 Å². The highest BCUT2D eigenvalue weighted by molar-refractivity contribution is 9.10. The standard InChI is InChI=1S/C33H36Br2O6/c1-5-10-18-16-24(34)20(12-7-3)27(29(18)36)33(26-22(31(38)39)14-9-15-23(26)32(40)41-33)28-21(13-8-4)25(35)17-19(11-6-2)30(28)37/h9,14-17,36-37H,5-8,10-13H2,1-4H3,(H,38,39). The molecule has 0 unspecified atom stereocenters. The van der Waals surface area contributed by atoms with Gasteiger partial charge < -0.3 is 20.1 Å². The number of hydrogen-bond acceptors (Lipinski definition) is 5. The Kier molecular flexibility index (Phi) is 9.54. The summed E-state index contributed by atoms with van der Waals surface area (Å²) in [6.07, 6.45) is 5.05. The van der Waals surface area contributed by atoms with E-state index in [4.69, 9.17) is 4.74 Å². The molecule has 6 nitrogen and oxygen atoms in total. The van der Waals surface area contributed by atoms with E-state index >= 15 is 0 Å². The van der Waals surface area contributed by atoms with E-state index in [9.17, 15) is 24.9 Å². The normalized spacial score (nSPS) is 13.8. The summed E-state index contributed by atoms with van der Waals surface area (Å²) in [6, 6.07) is 8.29. The number of aromatic carboxylic acids is 1. The molecule has 0 aromatic heterocycles. The van der Waals surface area contributed by atoms with Gasteiger partial charge in [-0.1, -0.05) is 91.3 Å². The molecule has 0 saturated heterocycles. The van der Waals surface area contributed by atoms with Gasteiger partial charge in [-0.2, -0.15) is 0 Å². The zero-order valence-electron chi connectivity index (χ0n) is 23.9. The number of phenols is 2. The van der Waals surface area contributed by atoms with Crippen molar-refractivity contribution in [2.45, 2.75) is 84.7 Å². The van der Waals surface area contributed by atoms with E-state index in [1.807, 2.05) is 39.8 Å². The van der Waals surface area contributed by atoms with Gasteiger partial charge in [0.25, 0.3) is 0 Å². The van der Waals surface area contributed by atoms with Crippen molar-refractivity contribution in [3.8, 4) is 11.5 Å². The Hall–Kier alpha value is -2.84. The first-order valence-electron chi connectivity index (χ1n) is 14.3. The van der Waals surface area contributed by atoms with E-state index in [2.05, 4.69) is 31.9 Å². The number of hydrogen-bond donors (Lipinski definition) is 3. The summed E-state index contributed by atoms with van der Waals surface area (Å²) in [5, 5.41) is 34.6. The van der Waals surface area contributed by atoms with Crippen molar-refractivity contribution in [3.05, 3.63) is 89.3 Å². The third kappa shape index (κ3) is 5.18. The van der Waals surface area contributed by atoms with Crippen LogP contribution in [0.4, 0.5) is 0 Å². The maximum absolute atomic E-state index is 13.8. The van der Waals surface area contributed by atoms with Gasteiger partial charge in [0.05, 0.1) is 22.3 Å². The molecular formula is C33H36Br2O6. The molecule has 3 aromatic rings. The van der Waals surface area contributed by atoms with Crippen LogP contribution in [0, 0.1) is 0 Å². The first-order chi connectivity index (χ1) is 19.6. The molecule has 3 aromatic carbocycles. The Morgan fingerprint density at radius 3 is 1.66 bits per heavy atom. The zero-order valence-corrected chi connectivity index (χ0v) is 27.0. The van der Waals surface area contributed by atoms with E-state index < -0.39 is 17.5 Å². The van der Waals surface area contributed by atoms with Crippen LogP contribution in [0.2, 0.25) is 0 Å². The number of esters is 1. The lowest BCUT2D eigenvalue weighted by Gasteiger charge is -2.37. The van der Waals surface area contributed by atoms with Gasteiger partial charge in [-0.05, 0) is 72.2 Å². The Balaban J connectivity index is 2.37. The monoisotopic (exact) mass is 686 g/mol. The van der Waals surface area contributed by atoms with E-state index in [1.165, 1.54) is 12.1 Å². The van der Waals surface area contributed by atoms with Crippen LogP contribution in [-0.4, -0.2) is 27.3 Å². The number of carboxylic acid groups (broad SMARTS) is 1. The number of carbonyl (C=O) groups excluding carboxylic acids is 1. The van der Waals surface area contributed by atoms with E-state index in [0.717, 1.165) is 21.8 Å². The molecular weight excluding hydrogens is 652 g/mol. The first kappa shape index (κ1) is 31.1. The number of phenolic OH excluding ortho intramolecular Hbond substituents is 2. The Morgan fingerprint density at radius 2 is 1.24 bits per heavy atom. The number of halogens is 2. The SMILES string of the molecule is CCCc1cc(Br)c(CCC)c(C2(c3c(O)c(CCC)cc(Br)c3CCC)OC(=O)c3cccc(C(=O)O)c32)c1O. The third-order valence-electron chi connectivity index (χ3n) is 7.72. The van der Waals surface area contributed by atoms with Crippen molar-refractivity contribution >= 4 is 43.8 Å². The minimum absolute atomic E-state index is 0.0572. The molecule has 0 bridgehead atoms. The van der Waals surface area contributed by atoms with Gasteiger partial charge >= 0.3 is 11.9 Å². The van der Waals surface area contributed by atoms with Crippen LogP contribution < -0.4 is 0 Å². The van der Waals surface area contributed by atoms with Crippen molar-refractivity contribution < 1.29 is 29.6 Å². The molecule has 0 aliphatic carbocycles. The lowest BCUT2D eigenvalue weighted by atomic mass is 9.71. The Bertz CT molecular complexity index is 1440. The minimum Gasteiger partial charge on any atom is -0.507 e. The third-order valence-corrected chi connectivity index (χ3v) is 9.13. The van der Waals surface area contributed by atoms with Crippen LogP contribution in [0.1, 0.15) is 113 Å². The summed E-state index contributed by atoms with van der Waals surface area (Å²) in [5.74, 6) is -2.05. The van der Waals surface area contributed by atoms with Gasteiger partial charge in [-0.3, -0.25) is 0 Å². The number of aryl methyl sites for hydroxylation is 2. The average molecular weight is 688 g/mol. The molecule has 1 aliphatic heterocycles. The number of ether oxygens (including phenoxy) is 1. The lowest BCUT2D eigenvalue weighted by molar-refractivity contribution is 0.0227. The number of cyclic esters (lactones) is 1. The smallest absolute Gasteiger partial charge is 0.340 e. The number of fused-ring (bicyclic) bond motifs is 1. The average Bonchev–Trinajstić information content (AvgIpc) is 3.23. The quantitative estimate of drug-likeness (QED) is 0.175. The molecule has 0 spiro atoms. The van der Waals surface area contributed by atoms with Crippen LogP contribution in [0.25, 0.3) is 0 Å². The van der Waals surface area contributed by atoms with Crippen molar-refractivity contribution in [2.24, 2.45) is 0 Å². The number of aromatic hydroxyl groups is 2. The van der Waals surface area contributed by atoms with Crippen LogP contribution in [0.15, 0.2) is 39.3 Å². The van der Waals surface area contributed by atoms with Gasteiger partial charge in [-0.25, -0.2) is 9.59 Å². The van der Waals surface area contributed by atoms with Crippen LogP contribution >= 0.6 is 31.9 Å². The van der Waals surface area contributed by atoms with Crippen LogP contribution in [0.3, 0.4) is 0 Å². The minimum atomic E-state index is -1.91. The van der Waals surface area contributed by atoms with Gasteiger partial charge in [0.2, 0.25) is 0 Å². The second-order valence-corrected chi connectivity index (χ2v) is 12.3. The fourth-order valence-electron chi connectivity index (χ4n) is 6.13.